The predicted molar refractivity (Wildman–Crippen MR) is 286 cm³/mol. The molecule has 33 unspecified atom stereocenters. The van der Waals surface area contributed by atoms with Crippen LogP contribution in [0.3, 0.4) is 0 Å². The van der Waals surface area contributed by atoms with Gasteiger partial charge in [0.1, 0.15) is 91.6 Å². The number of aliphatic hydroxyl groups excluding tert-OH is 17. The fourth-order valence-electron chi connectivity index (χ4n) is 17.7. The summed E-state index contributed by atoms with van der Waals surface area (Å²) in [6, 6.07) is 0. The molecule has 0 bridgehead atoms. The third-order valence-corrected chi connectivity index (χ3v) is 22.7. The highest BCUT2D eigenvalue weighted by molar-refractivity contribution is 5.79. The smallest absolute Gasteiger partial charge is 0.315 e. The summed E-state index contributed by atoms with van der Waals surface area (Å²) in [4.78, 5) is 15.4. The number of hydrogen-bond acceptors (Lipinski definition) is 28. The van der Waals surface area contributed by atoms with Gasteiger partial charge >= 0.3 is 5.97 Å². The van der Waals surface area contributed by atoms with Crippen molar-refractivity contribution in [3.63, 3.8) is 0 Å². The van der Waals surface area contributed by atoms with Crippen LogP contribution in [0.5, 0.6) is 0 Å². The fraction of sp³-hybridized carbons (Fsp3) is 0.948. The third-order valence-electron chi connectivity index (χ3n) is 22.7. The van der Waals surface area contributed by atoms with Gasteiger partial charge in [-0.15, -0.1) is 0 Å². The first-order chi connectivity index (χ1) is 40.3. The molecule has 0 spiro atoms. The fourth-order valence-corrected chi connectivity index (χ4v) is 17.7. The van der Waals surface area contributed by atoms with E-state index in [2.05, 4.69) is 33.8 Å². The molecule has 494 valence electrons. The largest absolute Gasteiger partial charge is 0.432 e. The summed E-state index contributed by atoms with van der Waals surface area (Å²) in [7, 11) is 0. The first-order valence-electron chi connectivity index (χ1n) is 30.4. The van der Waals surface area contributed by atoms with Crippen LogP contribution in [0.4, 0.5) is 0 Å². The van der Waals surface area contributed by atoms with Crippen LogP contribution in [-0.4, -0.2) is 285 Å². The molecule has 0 radical (unpaired) electrons. The minimum Gasteiger partial charge on any atom is -0.432 e. The average molecular weight is 1240 g/mol. The number of fused-ring (bicyclic) bond motifs is 7. The Morgan fingerprint density at radius 3 is 1.76 bits per heavy atom. The van der Waals surface area contributed by atoms with Gasteiger partial charge in [-0.25, -0.2) is 0 Å². The first-order valence-corrected chi connectivity index (χ1v) is 30.4. The monoisotopic (exact) mass is 1240 g/mol. The molecule has 5 saturated heterocycles. The van der Waals surface area contributed by atoms with Gasteiger partial charge in [0.15, 0.2) is 31.3 Å². The summed E-state index contributed by atoms with van der Waals surface area (Å²) in [6.07, 6.45) is -36.7. The van der Waals surface area contributed by atoms with Crippen LogP contribution in [0.1, 0.15) is 99.8 Å². The lowest BCUT2D eigenvalue weighted by molar-refractivity contribution is -0.377. The lowest BCUT2D eigenvalue weighted by atomic mass is 9.32. The van der Waals surface area contributed by atoms with Gasteiger partial charge in [-0.1, -0.05) is 46.3 Å². The zero-order chi connectivity index (χ0) is 62.9. The van der Waals surface area contributed by atoms with Gasteiger partial charge in [0, 0.05) is 5.92 Å². The van der Waals surface area contributed by atoms with E-state index < -0.39 is 238 Å². The van der Waals surface area contributed by atoms with Crippen LogP contribution in [0.25, 0.3) is 0 Å². The maximum Gasteiger partial charge on any atom is 0.315 e. The van der Waals surface area contributed by atoms with Gasteiger partial charge in [-0.05, 0) is 98.7 Å². The van der Waals surface area contributed by atoms with E-state index in [-0.39, 0.29) is 24.2 Å². The molecule has 9 fully saturated rings. The van der Waals surface area contributed by atoms with Crippen LogP contribution >= 0.6 is 0 Å². The van der Waals surface area contributed by atoms with Gasteiger partial charge < -0.3 is 134 Å². The van der Waals surface area contributed by atoms with Crippen LogP contribution in [0.15, 0.2) is 11.6 Å². The van der Waals surface area contributed by atoms with E-state index in [9.17, 15) is 86.8 Å². The normalized spacial score (nSPS) is 54.5. The van der Waals surface area contributed by atoms with E-state index in [1.165, 1.54) is 13.8 Å². The van der Waals surface area contributed by atoms with Gasteiger partial charge in [-0.2, -0.15) is 0 Å². The van der Waals surface area contributed by atoms with E-state index in [1.54, 1.807) is 0 Å². The maximum absolute atomic E-state index is 15.4. The van der Waals surface area contributed by atoms with Crippen LogP contribution < -0.4 is 0 Å². The molecule has 5 heterocycles. The van der Waals surface area contributed by atoms with E-state index in [1.807, 2.05) is 6.92 Å². The summed E-state index contributed by atoms with van der Waals surface area (Å²) in [5.41, 5.74) is -4.67. The summed E-state index contributed by atoms with van der Waals surface area (Å²) in [5.74, 6) is -2.33. The Hall–Kier alpha value is -1.83. The van der Waals surface area contributed by atoms with Crippen molar-refractivity contribution in [2.24, 2.45) is 50.2 Å². The van der Waals surface area contributed by atoms with Crippen molar-refractivity contribution in [3.05, 3.63) is 11.6 Å². The molecule has 10 rings (SSSR count). The molecule has 5 aliphatic carbocycles. The standard InChI is InChI=1S/C58H94O28/c1-22-32(66)35(69)38(72)48(79-22)83-43-29(65)19-77-47(41(43)75)82-42-23(2)80-49(40(74)37(42)71)84-44-33(67)28(64)18-78-51(44)86-52(76)57-12-10-53(3,4)14-25(57)24-8-9-31-54(5)15-27(63)46(85-50-39(73)36(70)34(68)30(17-59)81-50)58(20-60,21-61)45(54)26(62)16-56(31,7)55(24,6)11-13-57/h8,22-23,25-51,59-75H,9-21H2,1-7H3. The molecule has 86 heavy (non-hydrogen) atoms. The van der Waals surface area contributed by atoms with Crippen LogP contribution in [0.2, 0.25) is 0 Å². The van der Waals surface area contributed by atoms with Crippen molar-refractivity contribution < 1.29 is 139 Å². The first kappa shape index (κ1) is 67.1. The molecule has 4 saturated carbocycles. The highest BCUT2D eigenvalue weighted by atomic mass is 16.8. The Morgan fingerprint density at radius 2 is 1.10 bits per heavy atom. The number of allylic oxidation sites excluding steroid dienone is 2. The van der Waals surface area contributed by atoms with Crippen LogP contribution in [0, 0.1) is 50.2 Å². The second-order valence-corrected chi connectivity index (χ2v) is 28.2. The van der Waals surface area contributed by atoms with Crippen molar-refractivity contribution in [2.75, 3.05) is 33.0 Å². The van der Waals surface area contributed by atoms with Crippen molar-refractivity contribution in [1.82, 2.24) is 0 Å². The minimum atomic E-state index is -1.97. The number of carbonyl (C=O) groups is 1. The highest BCUT2D eigenvalue weighted by Crippen LogP contribution is 2.76. The molecule has 10 aliphatic rings. The van der Waals surface area contributed by atoms with Crippen molar-refractivity contribution in [2.45, 2.75) is 259 Å². The molecule has 28 nitrogen and oxygen atoms in total. The molecule has 33 atom stereocenters. The molecule has 28 heteroatoms. The third kappa shape index (κ3) is 10.9. The number of ether oxygens (including phenoxy) is 10. The molecule has 0 amide bonds. The average Bonchev–Trinajstić information content (AvgIpc) is 0.707. The van der Waals surface area contributed by atoms with Gasteiger partial charge in [0.05, 0.1) is 74.4 Å². The molecular weight excluding hydrogens is 1140 g/mol. The maximum atomic E-state index is 15.4. The van der Waals surface area contributed by atoms with E-state index in [0.29, 0.717) is 38.5 Å². The minimum absolute atomic E-state index is 0.00234. The topological polar surface area (TPSA) is 453 Å². The molecule has 0 aromatic rings. The molecule has 0 aromatic carbocycles. The summed E-state index contributed by atoms with van der Waals surface area (Å²) < 4.78 is 58.9. The van der Waals surface area contributed by atoms with Gasteiger partial charge in [0.25, 0.3) is 0 Å². The number of carbonyl (C=O) groups excluding carboxylic acids is 1. The second kappa shape index (κ2) is 24.6. The highest BCUT2D eigenvalue weighted by Gasteiger charge is 2.74. The quantitative estimate of drug-likeness (QED) is 0.0466. The van der Waals surface area contributed by atoms with E-state index >= 15 is 4.79 Å². The Bertz CT molecular complexity index is 2400. The number of rotatable bonds is 13. The molecule has 17 N–H and O–H groups in total. The zero-order valence-corrected chi connectivity index (χ0v) is 49.6. The lowest BCUT2D eigenvalue weighted by Gasteiger charge is -2.72. The Balaban J connectivity index is 0.859. The van der Waals surface area contributed by atoms with Gasteiger partial charge in [0.2, 0.25) is 6.29 Å². The predicted octanol–water partition coefficient (Wildman–Crippen LogP) is -4.99. The van der Waals surface area contributed by atoms with E-state index in [4.69, 9.17) is 47.4 Å². The van der Waals surface area contributed by atoms with Crippen molar-refractivity contribution >= 4 is 5.97 Å². The number of hydrogen-bond donors (Lipinski definition) is 17. The zero-order valence-electron chi connectivity index (χ0n) is 49.6. The van der Waals surface area contributed by atoms with Crippen LogP contribution in [-0.2, 0) is 52.2 Å². The molecule has 5 aliphatic heterocycles. The Kier molecular flexibility index (Phi) is 19.2. The number of aliphatic hydroxyl groups is 17. The van der Waals surface area contributed by atoms with Gasteiger partial charge in [-0.3, -0.25) is 4.79 Å². The van der Waals surface area contributed by atoms with Crippen molar-refractivity contribution in [3.8, 4) is 0 Å². The summed E-state index contributed by atoms with van der Waals surface area (Å²) in [5, 5.41) is 188. The summed E-state index contributed by atoms with van der Waals surface area (Å²) in [6.45, 7) is 10.0. The van der Waals surface area contributed by atoms with E-state index in [0.717, 1.165) is 5.57 Å². The lowest BCUT2D eigenvalue weighted by Crippen LogP contribution is -2.73. The number of esters is 1. The molecular formula is C58H94O28. The Labute approximate surface area is 498 Å². The second-order valence-electron chi connectivity index (χ2n) is 28.2. The SMILES string of the molecule is CC1OC(OC2C(O)COC(OC3C(C)OC(OC4C(OC(=O)C56CCC(C)(C)CC5C5=CCC7C8(C)CC(O)C(OC9OC(CO)C(O)C(O)C9O)C(CO)(CO)C8C(O)CC7(C)C5(C)CC6)OCC(O)C4O)C(O)C3O)C2O)C(O)C(O)C1O. The van der Waals surface area contributed by atoms with Crippen molar-refractivity contribution in [1.29, 1.82) is 0 Å². The molecule has 0 aromatic heterocycles. The Morgan fingerprint density at radius 1 is 0.535 bits per heavy atom. The summed E-state index contributed by atoms with van der Waals surface area (Å²) >= 11 is 0.